The summed E-state index contributed by atoms with van der Waals surface area (Å²) in [7, 11) is 0.0859. The summed E-state index contributed by atoms with van der Waals surface area (Å²) >= 11 is 0. The van der Waals surface area contributed by atoms with E-state index in [1.54, 1.807) is 36.1 Å². The zero-order valence-electron chi connectivity index (χ0n) is 16.2. The van der Waals surface area contributed by atoms with Gasteiger partial charge in [0.05, 0.1) is 17.4 Å². The Bertz CT molecular complexity index is 1070. The van der Waals surface area contributed by atoms with Crippen LogP contribution in [0.1, 0.15) is 32.1 Å². The van der Waals surface area contributed by atoms with Crippen LogP contribution in [0.5, 0.6) is 0 Å². The zero-order valence-corrected chi connectivity index (χ0v) is 17.0. The number of anilines is 2. The van der Waals surface area contributed by atoms with Crippen molar-refractivity contribution in [1.82, 2.24) is 14.8 Å². The molecule has 0 radical (unpaired) electrons. The summed E-state index contributed by atoms with van der Waals surface area (Å²) in [5.74, 6) is 0.805. The lowest BCUT2D eigenvalue weighted by Crippen LogP contribution is -2.33. The van der Waals surface area contributed by atoms with Crippen molar-refractivity contribution in [2.24, 2.45) is 7.05 Å². The molecule has 1 saturated carbocycles. The predicted octanol–water partition coefficient (Wildman–Crippen LogP) is 3.54. The molecule has 0 atom stereocenters. The van der Waals surface area contributed by atoms with E-state index >= 15 is 0 Å². The van der Waals surface area contributed by atoms with Crippen molar-refractivity contribution in [2.45, 2.75) is 43.0 Å². The largest absolute Gasteiger partial charge is 0.357 e. The van der Waals surface area contributed by atoms with Gasteiger partial charge in [-0.25, -0.2) is 13.4 Å². The average molecular weight is 400 g/mol. The van der Waals surface area contributed by atoms with Gasteiger partial charge in [0.1, 0.15) is 10.7 Å². The molecule has 0 spiro atoms. The minimum Gasteiger partial charge on any atom is -0.357 e. The second kappa shape index (κ2) is 7.43. The summed E-state index contributed by atoms with van der Waals surface area (Å²) in [5, 5.41) is 5.08. The third-order valence-electron chi connectivity index (χ3n) is 5.52. The normalized spacial score (nSPS) is 15.6. The fourth-order valence-corrected chi connectivity index (χ4v) is 4.93. The van der Waals surface area contributed by atoms with Crippen molar-refractivity contribution < 1.29 is 8.42 Å². The van der Waals surface area contributed by atoms with E-state index in [9.17, 15) is 8.42 Å². The third-order valence-corrected chi connectivity index (χ3v) is 6.87. The molecule has 0 bridgehead atoms. The number of nitrogens with zero attached hydrogens (tertiary/aromatic N) is 4. The van der Waals surface area contributed by atoms with E-state index in [0.29, 0.717) is 11.7 Å². The molecule has 8 heteroatoms. The van der Waals surface area contributed by atoms with E-state index in [0.717, 1.165) is 29.6 Å². The van der Waals surface area contributed by atoms with Gasteiger partial charge in [0.25, 0.3) is 10.0 Å². The van der Waals surface area contributed by atoms with Crippen molar-refractivity contribution in [3.05, 3.63) is 42.7 Å². The molecular formula is C20H25N5O2S. The van der Waals surface area contributed by atoms with Crippen molar-refractivity contribution in [3.8, 4) is 0 Å². The fraction of sp³-hybridized carbons (Fsp3) is 0.400. The van der Waals surface area contributed by atoms with Gasteiger partial charge in [-0.1, -0.05) is 31.4 Å². The molecule has 0 saturated heterocycles. The second-order valence-electron chi connectivity index (χ2n) is 7.37. The van der Waals surface area contributed by atoms with Crippen LogP contribution in [-0.4, -0.2) is 36.3 Å². The number of fused-ring (bicyclic) bond motifs is 1. The number of aromatic nitrogens is 3. The first-order valence-electron chi connectivity index (χ1n) is 9.58. The Morgan fingerprint density at radius 3 is 2.61 bits per heavy atom. The lowest BCUT2D eigenvalue weighted by atomic mass is 9.94. The molecular weight excluding hydrogens is 374 g/mol. The Balaban J connectivity index is 1.56. The lowest BCUT2D eigenvalue weighted by Gasteiger charge is -2.32. The second-order valence-corrected chi connectivity index (χ2v) is 9.05. The molecule has 1 aliphatic rings. The molecule has 1 aliphatic carbocycles. The van der Waals surface area contributed by atoms with E-state index < -0.39 is 10.0 Å². The number of rotatable bonds is 5. The Labute approximate surface area is 165 Å². The van der Waals surface area contributed by atoms with Crippen LogP contribution in [0.25, 0.3) is 10.9 Å². The van der Waals surface area contributed by atoms with Crippen LogP contribution >= 0.6 is 0 Å². The van der Waals surface area contributed by atoms with Gasteiger partial charge in [-0.05, 0) is 31.0 Å². The van der Waals surface area contributed by atoms with Crippen molar-refractivity contribution >= 4 is 32.4 Å². The van der Waals surface area contributed by atoms with Gasteiger partial charge in [-0.15, -0.1) is 0 Å². The summed E-state index contributed by atoms with van der Waals surface area (Å²) in [5.41, 5.74) is 1.24. The Kier molecular flexibility index (Phi) is 4.97. The Morgan fingerprint density at radius 2 is 1.89 bits per heavy atom. The highest BCUT2D eigenvalue weighted by Gasteiger charge is 2.21. The van der Waals surface area contributed by atoms with Gasteiger partial charge in [-0.2, -0.15) is 5.10 Å². The standard InChI is InChI=1S/C20H25N5O2S/c1-24(16-8-4-3-5-9-16)19-12-11-17(14-21-19)28(26,27)23-18-10-6-7-15-13-22-25(2)20(15)18/h6-7,10-14,16,23H,3-5,8-9H2,1-2H3. The van der Waals surface area contributed by atoms with Gasteiger partial charge in [0.15, 0.2) is 0 Å². The van der Waals surface area contributed by atoms with Gasteiger partial charge in [-0.3, -0.25) is 9.40 Å². The molecule has 7 nitrogen and oxygen atoms in total. The Hall–Kier alpha value is -2.61. The first-order chi connectivity index (χ1) is 13.5. The maximum absolute atomic E-state index is 12.9. The van der Waals surface area contributed by atoms with Crippen LogP contribution in [0.15, 0.2) is 47.6 Å². The minimum absolute atomic E-state index is 0.146. The van der Waals surface area contributed by atoms with E-state index in [-0.39, 0.29) is 4.90 Å². The van der Waals surface area contributed by atoms with Crippen LogP contribution in [0.3, 0.4) is 0 Å². The first kappa shape index (κ1) is 18.7. The monoisotopic (exact) mass is 399 g/mol. The van der Waals surface area contributed by atoms with Crippen molar-refractivity contribution in [1.29, 1.82) is 0 Å². The first-order valence-corrected chi connectivity index (χ1v) is 11.1. The molecule has 1 N–H and O–H groups in total. The molecule has 0 unspecified atom stereocenters. The molecule has 0 amide bonds. The average Bonchev–Trinajstić information content (AvgIpc) is 3.10. The quantitative estimate of drug-likeness (QED) is 0.710. The lowest BCUT2D eigenvalue weighted by molar-refractivity contribution is 0.426. The molecule has 0 aliphatic heterocycles. The number of para-hydroxylation sites is 1. The van der Waals surface area contributed by atoms with Crippen LogP contribution in [0, 0.1) is 0 Å². The highest BCUT2D eigenvalue weighted by molar-refractivity contribution is 7.92. The van der Waals surface area contributed by atoms with Gasteiger partial charge in [0.2, 0.25) is 0 Å². The highest BCUT2D eigenvalue weighted by Crippen LogP contribution is 2.27. The SMILES string of the molecule is CN(c1ccc(S(=O)(=O)Nc2cccc3cnn(C)c23)cn1)C1CCCCC1. The summed E-state index contributed by atoms with van der Waals surface area (Å²) in [4.78, 5) is 6.73. The molecule has 2 heterocycles. The van der Waals surface area contributed by atoms with Gasteiger partial charge >= 0.3 is 0 Å². The van der Waals surface area contributed by atoms with Crippen LogP contribution < -0.4 is 9.62 Å². The third kappa shape index (κ3) is 3.56. The van der Waals surface area contributed by atoms with E-state index in [1.807, 2.05) is 19.2 Å². The smallest absolute Gasteiger partial charge is 0.263 e. The van der Waals surface area contributed by atoms with Crippen molar-refractivity contribution in [2.75, 3.05) is 16.7 Å². The molecule has 148 valence electrons. The molecule has 3 aromatic rings. The summed E-state index contributed by atoms with van der Waals surface area (Å²) in [6.45, 7) is 0. The van der Waals surface area contributed by atoms with Crippen molar-refractivity contribution in [3.63, 3.8) is 0 Å². The fourth-order valence-electron chi connectivity index (χ4n) is 3.91. The van der Waals surface area contributed by atoms with E-state index in [4.69, 9.17) is 0 Å². The summed E-state index contributed by atoms with van der Waals surface area (Å²) < 4.78 is 30.1. The van der Waals surface area contributed by atoms with E-state index in [1.165, 1.54) is 25.5 Å². The minimum atomic E-state index is -3.74. The van der Waals surface area contributed by atoms with E-state index in [2.05, 4.69) is 19.7 Å². The number of hydrogen-bond acceptors (Lipinski definition) is 5. The number of pyridine rings is 1. The molecule has 1 aromatic carbocycles. The number of hydrogen-bond donors (Lipinski definition) is 1. The maximum Gasteiger partial charge on any atom is 0.263 e. The number of benzene rings is 1. The zero-order chi connectivity index (χ0) is 19.7. The number of nitrogens with one attached hydrogen (secondary N) is 1. The Morgan fingerprint density at radius 1 is 1.11 bits per heavy atom. The summed E-state index contributed by atoms with van der Waals surface area (Å²) in [6.07, 6.45) is 9.24. The van der Waals surface area contributed by atoms with Gasteiger partial charge in [0, 0.05) is 31.7 Å². The topological polar surface area (TPSA) is 80.1 Å². The highest BCUT2D eigenvalue weighted by atomic mass is 32.2. The summed E-state index contributed by atoms with van der Waals surface area (Å²) in [6, 6.07) is 9.32. The van der Waals surface area contributed by atoms with Crippen LogP contribution in [0.4, 0.5) is 11.5 Å². The molecule has 4 rings (SSSR count). The van der Waals surface area contributed by atoms with Gasteiger partial charge < -0.3 is 4.90 Å². The molecule has 2 aromatic heterocycles. The molecule has 1 fully saturated rings. The van der Waals surface area contributed by atoms with Crippen LogP contribution in [-0.2, 0) is 17.1 Å². The maximum atomic E-state index is 12.9. The van der Waals surface area contributed by atoms with Crippen LogP contribution in [0.2, 0.25) is 0 Å². The predicted molar refractivity (Wildman–Crippen MR) is 111 cm³/mol. The molecule has 28 heavy (non-hydrogen) atoms. The number of sulfonamides is 1. The number of aryl methyl sites for hydroxylation is 1.